The number of benzene rings is 5. The van der Waals surface area contributed by atoms with E-state index in [1.165, 1.54) is 9.80 Å². The van der Waals surface area contributed by atoms with Crippen molar-refractivity contribution in [2.24, 2.45) is 0 Å². The van der Waals surface area contributed by atoms with Crippen molar-refractivity contribution in [1.29, 1.82) is 0 Å². The summed E-state index contributed by atoms with van der Waals surface area (Å²) in [4.78, 5) is 29.0. The van der Waals surface area contributed by atoms with Gasteiger partial charge in [-0.25, -0.2) is 16.8 Å². The van der Waals surface area contributed by atoms with Gasteiger partial charge in [0.05, 0.1) is 20.9 Å². The van der Waals surface area contributed by atoms with Gasteiger partial charge in [0.1, 0.15) is 11.5 Å². The van der Waals surface area contributed by atoms with Crippen LogP contribution in [0, 0.1) is 3.57 Å². The molecule has 5 aromatic rings. The highest BCUT2D eigenvalue weighted by Gasteiger charge is 2.40. The third-order valence-electron chi connectivity index (χ3n) is 10.3. The summed E-state index contributed by atoms with van der Waals surface area (Å²) in [5.74, 6) is -1.85. The predicted molar refractivity (Wildman–Crippen MR) is 235 cm³/mol. The Morgan fingerprint density at radius 3 is 1.45 bits per heavy atom. The molecule has 0 saturated heterocycles. The van der Waals surface area contributed by atoms with Gasteiger partial charge in [-0.15, -0.1) is 0 Å². The van der Waals surface area contributed by atoms with E-state index < -0.39 is 56.0 Å². The summed E-state index contributed by atoms with van der Waals surface area (Å²) in [6.07, 6.45) is -11.7. The highest BCUT2D eigenvalue weighted by molar-refractivity contribution is 14.1. The molecule has 2 aliphatic heterocycles. The van der Waals surface area contributed by atoms with Crippen LogP contribution in [0.1, 0.15) is 56.8 Å². The van der Waals surface area contributed by atoms with Gasteiger partial charge in [0, 0.05) is 47.3 Å². The first kappa shape index (κ1) is 48.6. The number of carbonyl (C=O) groups is 2. The maximum absolute atomic E-state index is 13.4. The van der Waals surface area contributed by atoms with E-state index in [0.29, 0.717) is 5.02 Å². The molecule has 5 aromatic carbocycles. The molecule has 1 unspecified atom stereocenters. The quantitative estimate of drug-likeness (QED) is 0.106. The molecule has 2 heterocycles. The van der Waals surface area contributed by atoms with Crippen LogP contribution in [0.2, 0.25) is 5.02 Å². The van der Waals surface area contributed by atoms with E-state index >= 15 is 0 Å². The molecular weight excluding hydrogens is 1020 g/mol. The molecule has 2 atom stereocenters. The van der Waals surface area contributed by atoms with Crippen LogP contribution in [0.4, 0.5) is 26.3 Å². The van der Waals surface area contributed by atoms with Crippen LogP contribution < -0.4 is 9.47 Å². The second-order valence-corrected chi connectivity index (χ2v) is 20.9. The van der Waals surface area contributed by atoms with E-state index in [0.717, 1.165) is 99.7 Å². The normalized spacial score (nSPS) is 14.8. The highest BCUT2D eigenvalue weighted by Crippen LogP contribution is 2.36. The minimum Gasteiger partial charge on any atom is -0.480 e. The van der Waals surface area contributed by atoms with Crippen LogP contribution in [-0.4, -0.2) is 75.5 Å². The lowest BCUT2D eigenvalue weighted by Gasteiger charge is -2.22. The molecular formula is C44H38ClF6IN2O8S2. The molecule has 0 saturated carbocycles. The number of rotatable bonds is 9. The summed E-state index contributed by atoms with van der Waals surface area (Å²) in [5, 5.41) is 0.589. The largest absolute Gasteiger partial charge is 0.480 e. The number of hydrogen-bond acceptors (Lipinski definition) is 8. The standard InChI is InChI=1S/C25H21ClF3NO4S.C19H17F3INO4S/c1-15(25(27,28)29)34-23-9-8-21(35(2,32)33)12-22(23)24(31)30-13-18-7-6-17(10-19(18)14-30)16-4-3-5-20(26)11-16;1-11(19(20,21)22)28-17-6-5-15(29(2,26)27)8-16(17)18(25)24-9-12-3-4-14(23)7-13(12)10-24/h3-12,15H,13-14H2,1-2H3;3-8,11H,9-10H2,1-2H3/t;11-/m.0/s1. The molecule has 0 radical (unpaired) electrons. The predicted octanol–water partition coefficient (Wildman–Crippen LogP) is 10.1. The number of alkyl halides is 6. The third kappa shape index (κ3) is 11.5. The van der Waals surface area contributed by atoms with E-state index in [9.17, 15) is 52.8 Å². The van der Waals surface area contributed by atoms with Crippen molar-refractivity contribution in [2.75, 3.05) is 12.5 Å². The molecule has 0 aliphatic carbocycles. The fourth-order valence-electron chi connectivity index (χ4n) is 6.77. The lowest BCUT2D eigenvalue weighted by atomic mass is 10.0. The Kier molecular flexibility index (Phi) is 14.1. The summed E-state index contributed by atoms with van der Waals surface area (Å²) < 4.78 is 137. The molecule has 0 aromatic heterocycles. The minimum atomic E-state index is -4.66. The van der Waals surface area contributed by atoms with Crippen molar-refractivity contribution in [3.8, 4) is 22.6 Å². The molecule has 2 amide bonds. The summed E-state index contributed by atoms with van der Waals surface area (Å²) in [6, 6.07) is 25.4. The molecule has 0 bridgehead atoms. The van der Waals surface area contributed by atoms with Crippen molar-refractivity contribution in [2.45, 2.75) is 74.4 Å². The maximum Gasteiger partial charge on any atom is 0.425 e. The van der Waals surface area contributed by atoms with E-state index in [1.54, 1.807) is 6.07 Å². The zero-order valence-corrected chi connectivity index (χ0v) is 38.8. The molecule has 64 heavy (non-hydrogen) atoms. The first-order chi connectivity index (χ1) is 29.7. The molecule has 10 nitrogen and oxygen atoms in total. The van der Waals surface area contributed by atoms with E-state index in [-0.39, 0.29) is 58.6 Å². The maximum atomic E-state index is 13.4. The zero-order chi connectivity index (χ0) is 47.1. The number of hydrogen-bond donors (Lipinski definition) is 0. The molecule has 0 spiro atoms. The van der Waals surface area contributed by atoms with Gasteiger partial charge in [-0.05, 0) is 137 Å². The van der Waals surface area contributed by atoms with Gasteiger partial charge in [-0.3, -0.25) is 9.59 Å². The Morgan fingerprint density at radius 1 is 0.594 bits per heavy atom. The second kappa shape index (κ2) is 18.6. The van der Waals surface area contributed by atoms with Crippen molar-refractivity contribution in [1.82, 2.24) is 9.80 Å². The van der Waals surface area contributed by atoms with Crippen LogP contribution in [-0.2, 0) is 45.9 Å². The van der Waals surface area contributed by atoms with Gasteiger partial charge in [-0.2, -0.15) is 26.3 Å². The van der Waals surface area contributed by atoms with Crippen LogP contribution in [0.15, 0.2) is 107 Å². The Bertz CT molecular complexity index is 2860. The topological polar surface area (TPSA) is 127 Å². The zero-order valence-electron chi connectivity index (χ0n) is 34.2. The molecule has 0 N–H and O–H groups in total. The van der Waals surface area contributed by atoms with Crippen LogP contribution >= 0.6 is 34.2 Å². The highest BCUT2D eigenvalue weighted by atomic mass is 127. The second-order valence-electron chi connectivity index (χ2n) is 15.2. The number of nitrogens with zero attached hydrogens (tertiary/aromatic N) is 2. The minimum absolute atomic E-state index is 0.167. The van der Waals surface area contributed by atoms with Crippen molar-refractivity contribution < 1.29 is 62.2 Å². The number of ether oxygens (including phenoxy) is 2. The molecule has 0 fully saturated rings. The Morgan fingerprint density at radius 2 is 1.02 bits per heavy atom. The van der Waals surface area contributed by atoms with Crippen LogP contribution in [0.25, 0.3) is 11.1 Å². The van der Waals surface area contributed by atoms with Gasteiger partial charge in [0.15, 0.2) is 31.9 Å². The number of amides is 2. The van der Waals surface area contributed by atoms with E-state index in [2.05, 4.69) is 22.6 Å². The molecule has 2 aliphatic rings. The smallest absolute Gasteiger partial charge is 0.425 e. The average molecular weight is 1060 g/mol. The fourth-order valence-corrected chi connectivity index (χ4v) is 8.81. The molecule has 20 heteroatoms. The SMILES string of the molecule is CC(Oc1ccc(S(C)(=O)=O)cc1C(=O)N1Cc2ccc(-c3cccc(Cl)c3)cc2C1)C(F)(F)F.C[C@H](Oc1ccc(S(C)(=O)=O)cc1C(=O)N1Cc2ccc(I)cc2C1)C(F)(F)F. The fraction of sp³-hybridized carbons (Fsp3) is 0.273. The van der Waals surface area contributed by atoms with Gasteiger partial charge < -0.3 is 19.3 Å². The lowest BCUT2D eigenvalue weighted by Crippen LogP contribution is -2.32. The van der Waals surface area contributed by atoms with Gasteiger partial charge in [-0.1, -0.05) is 41.9 Å². The monoisotopic (exact) mass is 1060 g/mol. The number of carbonyl (C=O) groups excluding carboxylic acids is 2. The number of halogens is 8. The van der Waals surface area contributed by atoms with E-state index in [1.807, 2.05) is 54.6 Å². The van der Waals surface area contributed by atoms with Crippen molar-refractivity contribution in [3.63, 3.8) is 0 Å². The molecule has 340 valence electrons. The van der Waals surface area contributed by atoms with Crippen molar-refractivity contribution in [3.05, 3.63) is 139 Å². The Balaban J connectivity index is 0.000000216. The number of sulfone groups is 2. The van der Waals surface area contributed by atoms with Crippen molar-refractivity contribution >= 4 is 65.7 Å². The summed E-state index contributed by atoms with van der Waals surface area (Å²) >= 11 is 8.24. The lowest BCUT2D eigenvalue weighted by molar-refractivity contribution is -0.189. The summed E-state index contributed by atoms with van der Waals surface area (Å²) in [5.41, 5.74) is 4.99. The first-order valence-corrected chi connectivity index (χ1v) is 24.3. The Labute approximate surface area is 384 Å². The first-order valence-electron chi connectivity index (χ1n) is 19.1. The Hall–Kier alpha value is -4.86. The number of fused-ring (bicyclic) bond motifs is 2. The van der Waals surface area contributed by atoms with Gasteiger partial charge >= 0.3 is 12.4 Å². The van der Waals surface area contributed by atoms with Crippen LogP contribution in [0.5, 0.6) is 11.5 Å². The summed E-state index contributed by atoms with van der Waals surface area (Å²) in [6.45, 7) is 2.64. The molecule has 7 rings (SSSR count). The third-order valence-corrected chi connectivity index (χ3v) is 13.4. The van der Waals surface area contributed by atoms with Crippen LogP contribution in [0.3, 0.4) is 0 Å². The average Bonchev–Trinajstić information content (AvgIpc) is 3.83. The van der Waals surface area contributed by atoms with Gasteiger partial charge in [0.2, 0.25) is 0 Å². The van der Waals surface area contributed by atoms with E-state index in [4.69, 9.17) is 21.1 Å². The summed E-state index contributed by atoms with van der Waals surface area (Å²) in [7, 11) is -7.37. The van der Waals surface area contributed by atoms with Gasteiger partial charge in [0.25, 0.3) is 11.8 Å².